The minimum absolute atomic E-state index is 0.505. The van der Waals surface area contributed by atoms with E-state index in [1.54, 1.807) is 18.6 Å². The number of benzene rings is 1. The second-order valence-corrected chi connectivity index (χ2v) is 7.61. The van der Waals surface area contributed by atoms with Crippen LogP contribution in [0.15, 0.2) is 61.1 Å². The van der Waals surface area contributed by atoms with Crippen molar-refractivity contribution >= 4 is 17.4 Å². The molecule has 0 radical (unpaired) electrons. The van der Waals surface area contributed by atoms with Gasteiger partial charge in [0.2, 0.25) is 0 Å². The number of nitrogens with one attached hydrogen (secondary N) is 1. The highest BCUT2D eigenvalue weighted by Crippen LogP contribution is 2.32. The first-order chi connectivity index (χ1) is 15.8. The summed E-state index contributed by atoms with van der Waals surface area (Å²) in [5, 5.41) is 4.21. The summed E-state index contributed by atoms with van der Waals surface area (Å²) in [6, 6.07) is 14.5. The monoisotopic (exact) mass is 454 g/mol. The van der Waals surface area contributed by atoms with Crippen molar-refractivity contribution in [3.8, 4) is 16.9 Å². The summed E-state index contributed by atoms with van der Waals surface area (Å²) in [4.78, 5) is 8.51. The fraction of sp³-hybridized carbons (Fsp3) is 0.385. The Labute approximate surface area is 197 Å². The van der Waals surface area contributed by atoms with Crippen molar-refractivity contribution in [2.45, 2.75) is 58.6 Å². The Bertz CT molecular complexity index is 915. The second kappa shape index (κ2) is 14.4. The van der Waals surface area contributed by atoms with E-state index in [9.17, 15) is 0 Å². The molecule has 32 heavy (non-hydrogen) atoms. The van der Waals surface area contributed by atoms with Gasteiger partial charge in [0.15, 0.2) is 0 Å². The van der Waals surface area contributed by atoms with Crippen molar-refractivity contribution in [3.05, 3.63) is 71.6 Å². The molecule has 2 heterocycles. The van der Waals surface area contributed by atoms with E-state index in [2.05, 4.69) is 21.0 Å². The number of halogens is 1. The van der Waals surface area contributed by atoms with Crippen molar-refractivity contribution in [1.82, 2.24) is 9.97 Å². The van der Waals surface area contributed by atoms with Crippen molar-refractivity contribution in [1.29, 1.82) is 0 Å². The Morgan fingerprint density at radius 1 is 1.03 bits per heavy atom. The van der Waals surface area contributed by atoms with Gasteiger partial charge in [-0.25, -0.2) is 4.98 Å². The molecule has 0 spiro atoms. The lowest BCUT2D eigenvalue weighted by Crippen LogP contribution is -2.22. The van der Waals surface area contributed by atoms with Crippen LogP contribution in [0, 0.1) is 0 Å². The molecule has 0 aliphatic heterocycles. The van der Waals surface area contributed by atoms with Crippen LogP contribution in [0.3, 0.4) is 0 Å². The van der Waals surface area contributed by atoms with E-state index in [1.807, 2.05) is 56.3 Å². The van der Waals surface area contributed by atoms with Crippen molar-refractivity contribution in [3.63, 3.8) is 0 Å². The highest BCUT2D eigenvalue weighted by atomic mass is 35.5. The molecule has 0 amide bonds. The summed E-state index contributed by atoms with van der Waals surface area (Å²) in [5.41, 5.74) is 7.57. The van der Waals surface area contributed by atoms with Gasteiger partial charge in [0.25, 0.3) is 0 Å². The maximum Gasteiger partial charge on any atom is 0.126 e. The second-order valence-electron chi connectivity index (χ2n) is 7.20. The molecule has 0 unspecified atom stereocenters. The van der Waals surface area contributed by atoms with Crippen LogP contribution < -0.4 is 15.8 Å². The summed E-state index contributed by atoms with van der Waals surface area (Å²) in [6.45, 7) is 4.50. The number of ether oxygens (including phenoxy) is 1. The third-order valence-electron chi connectivity index (χ3n) is 5.11. The van der Waals surface area contributed by atoms with Gasteiger partial charge in [0.1, 0.15) is 18.2 Å². The normalized spacial score (nSPS) is 13.2. The van der Waals surface area contributed by atoms with Crippen molar-refractivity contribution in [2.24, 2.45) is 5.73 Å². The molecule has 1 aromatic carbocycles. The van der Waals surface area contributed by atoms with Gasteiger partial charge in [-0.2, -0.15) is 0 Å². The van der Waals surface area contributed by atoms with E-state index in [0.717, 1.165) is 28.3 Å². The Morgan fingerprint density at radius 2 is 1.75 bits per heavy atom. The summed E-state index contributed by atoms with van der Waals surface area (Å²) in [5.74, 6) is 1.69. The van der Waals surface area contributed by atoms with Gasteiger partial charge in [-0.1, -0.05) is 56.8 Å². The first-order valence-corrected chi connectivity index (χ1v) is 11.8. The van der Waals surface area contributed by atoms with Crippen LogP contribution in [-0.2, 0) is 6.61 Å². The third kappa shape index (κ3) is 7.81. The summed E-state index contributed by atoms with van der Waals surface area (Å²) >= 11 is 6.46. The highest BCUT2D eigenvalue weighted by molar-refractivity contribution is 6.33. The molecule has 5 nitrogen and oxygen atoms in total. The quantitative estimate of drug-likeness (QED) is 0.432. The topological polar surface area (TPSA) is 73.1 Å². The van der Waals surface area contributed by atoms with E-state index >= 15 is 0 Å². The first-order valence-electron chi connectivity index (χ1n) is 11.4. The summed E-state index contributed by atoms with van der Waals surface area (Å²) < 4.78 is 5.94. The van der Waals surface area contributed by atoms with Gasteiger partial charge in [0, 0.05) is 30.2 Å². The largest absolute Gasteiger partial charge is 0.489 e. The van der Waals surface area contributed by atoms with Crippen LogP contribution in [0.2, 0.25) is 5.02 Å². The van der Waals surface area contributed by atoms with Gasteiger partial charge in [-0.3, -0.25) is 4.98 Å². The van der Waals surface area contributed by atoms with Crippen LogP contribution >= 0.6 is 11.6 Å². The number of hydrogen-bond acceptors (Lipinski definition) is 5. The van der Waals surface area contributed by atoms with Gasteiger partial charge in [0.05, 0.1) is 5.02 Å². The number of hydrogen-bond donors (Lipinski definition) is 2. The van der Waals surface area contributed by atoms with Crippen LogP contribution in [0.1, 0.15) is 51.5 Å². The van der Waals surface area contributed by atoms with E-state index in [0.29, 0.717) is 17.7 Å². The molecule has 1 aliphatic carbocycles. The minimum atomic E-state index is 0.505. The molecule has 0 bridgehead atoms. The molecule has 1 saturated carbocycles. The maximum absolute atomic E-state index is 6.46. The zero-order valence-corrected chi connectivity index (χ0v) is 20.1. The Balaban J connectivity index is 0.000000860. The summed E-state index contributed by atoms with van der Waals surface area (Å²) in [6.07, 6.45) is 11.6. The van der Waals surface area contributed by atoms with Gasteiger partial charge >= 0.3 is 0 Å². The number of anilines is 1. The zero-order chi connectivity index (χ0) is 23.2. The van der Waals surface area contributed by atoms with E-state index in [1.165, 1.54) is 39.2 Å². The number of nitrogens with zero attached hydrogens (tertiary/aromatic N) is 2. The number of pyridine rings is 2. The number of rotatable bonds is 6. The van der Waals surface area contributed by atoms with Crippen LogP contribution in [-0.4, -0.2) is 23.1 Å². The van der Waals surface area contributed by atoms with Crippen molar-refractivity contribution in [2.75, 3.05) is 12.4 Å². The number of nitrogens with two attached hydrogens (primary N) is 1. The van der Waals surface area contributed by atoms with Gasteiger partial charge in [-0.15, -0.1) is 0 Å². The summed E-state index contributed by atoms with van der Waals surface area (Å²) in [7, 11) is 1.50. The zero-order valence-electron chi connectivity index (χ0n) is 19.4. The Morgan fingerprint density at radius 3 is 2.47 bits per heavy atom. The number of aromatic nitrogens is 2. The molecule has 4 rings (SSSR count). The lowest BCUT2D eigenvalue weighted by atomic mass is 9.95. The van der Waals surface area contributed by atoms with Crippen LogP contribution in [0.25, 0.3) is 11.1 Å². The standard InChI is InChI=1S/C23H24ClN3O.C2H6.CH5N/c24-22-15-26-23(27-19-6-2-1-3-7-19)14-21(22)18-5-4-8-20(13-18)28-16-17-9-11-25-12-10-17;2*1-2/h4-5,8-15,19H,1-3,6-7,16H2,(H,26,27);1-2H3;2H2,1H3. The molecule has 0 atom stereocenters. The smallest absolute Gasteiger partial charge is 0.126 e. The van der Waals surface area contributed by atoms with E-state index < -0.39 is 0 Å². The molecule has 6 heteroatoms. The molecule has 0 saturated heterocycles. The lowest BCUT2D eigenvalue weighted by Gasteiger charge is -2.23. The van der Waals surface area contributed by atoms with Gasteiger partial charge < -0.3 is 15.8 Å². The lowest BCUT2D eigenvalue weighted by molar-refractivity contribution is 0.306. The first kappa shape index (κ1) is 25.6. The molecule has 3 aromatic rings. The minimum Gasteiger partial charge on any atom is -0.489 e. The average molecular weight is 455 g/mol. The molecule has 3 N–H and O–H groups in total. The molecule has 2 aromatic heterocycles. The maximum atomic E-state index is 6.46. The predicted octanol–water partition coefficient (Wildman–Crippen LogP) is 6.72. The molecule has 1 fully saturated rings. The Kier molecular flexibility index (Phi) is 11.6. The SMILES string of the molecule is CC.CN.Clc1cnc(NC2CCCCC2)cc1-c1cccc(OCc2ccncc2)c1. The third-order valence-corrected chi connectivity index (χ3v) is 5.41. The fourth-order valence-electron chi connectivity index (χ4n) is 3.59. The van der Waals surface area contributed by atoms with Gasteiger partial charge in [-0.05, 0) is 61.3 Å². The van der Waals surface area contributed by atoms with Crippen LogP contribution in [0.5, 0.6) is 5.75 Å². The molecule has 1 aliphatic rings. The average Bonchev–Trinajstić information content (AvgIpc) is 2.88. The van der Waals surface area contributed by atoms with Crippen LogP contribution in [0.4, 0.5) is 5.82 Å². The van der Waals surface area contributed by atoms with Crippen molar-refractivity contribution < 1.29 is 4.74 Å². The van der Waals surface area contributed by atoms with E-state index in [-0.39, 0.29) is 0 Å². The predicted molar refractivity (Wildman–Crippen MR) is 135 cm³/mol. The van der Waals surface area contributed by atoms with E-state index in [4.69, 9.17) is 16.3 Å². The molecule has 172 valence electrons. The molecular formula is C26H35ClN4O. The fourth-order valence-corrected chi connectivity index (χ4v) is 3.81. The highest BCUT2D eigenvalue weighted by Gasteiger charge is 2.15. The molecular weight excluding hydrogens is 420 g/mol. The Hall–Kier alpha value is -2.63.